The normalized spacial score (nSPS) is 25.8. The molecular formula is C11H18N2O3. The molecule has 1 unspecified atom stereocenters. The fraction of sp³-hybridized carbons (Fsp3) is 0.818. The Labute approximate surface area is 95.1 Å². The van der Waals surface area contributed by atoms with E-state index in [4.69, 9.17) is 4.74 Å². The van der Waals surface area contributed by atoms with E-state index in [0.717, 1.165) is 12.5 Å². The van der Waals surface area contributed by atoms with E-state index in [0.29, 0.717) is 13.2 Å². The van der Waals surface area contributed by atoms with Crippen LogP contribution in [0, 0.1) is 5.92 Å². The average molecular weight is 226 g/mol. The van der Waals surface area contributed by atoms with Gasteiger partial charge in [-0.3, -0.25) is 9.59 Å². The molecular weight excluding hydrogens is 208 g/mol. The molecule has 0 bridgehead atoms. The molecule has 2 amide bonds. The summed E-state index contributed by atoms with van der Waals surface area (Å²) in [5.74, 6) is 0.627. The van der Waals surface area contributed by atoms with Gasteiger partial charge in [-0.1, -0.05) is 0 Å². The van der Waals surface area contributed by atoms with Gasteiger partial charge >= 0.3 is 0 Å². The number of amides is 2. The molecule has 0 spiro atoms. The van der Waals surface area contributed by atoms with E-state index in [9.17, 15) is 9.59 Å². The standard InChI is InChI=1S/C11H18N2O3/c1-8-11(15)12-6-10(14)13(8)4-5-16-7-9-2-3-9/h8-9H,2-7H2,1H3,(H,12,15). The van der Waals surface area contributed by atoms with Gasteiger partial charge in [0.15, 0.2) is 0 Å². The summed E-state index contributed by atoms with van der Waals surface area (Å²) in [6.07, 6.45) is 2.53. The SMILES string of the molecule is CC1C(=O)NCC(=O)N1CCOCC1CC1. The van der Waals surface area contributed by atoms with Crippen LogP contribution in [-0.2, 0) is 14.3 Å². The van der Waals surface area contributed by atoms with Crippen LogP contribution in [0.5, 0.6) is 0 Å². The molecule has 1 N–H and O–H groups in total. The lowest BCUT2D eigenvalue weighted by Gasteiger charge is -2.32. The molecule has 1 heterocycles. The fourth-order valence-electron chi connectivity index (χ4n) is 1.79. The molecule has 1 atom stereocenters. The van der Waals surface area contributed by atoms with Crippen LogP contribution in [0.3, 0.4) is 0 Å². The van der Waals surface area contributed by atoms with Gasteiger partial charge in [0.2, 0.25) is 11.8 Å². The van der Waals surface area contributed by atoms with Gasteiger partial charge < -0.3 is 15.0 Å². The van der Waals surface area contributed by atoms with Crippen molar-refractivity contribution >= 4 is 11.8 Å². The highest BCUT2D eigenvalue weighted by molar-refractivity contribution is 5.94. The van der Waals surface area contributed by atoms with Gasteiger partial charge in [-0.15, -0.1) is 0 Å². The summed E-state index contributed by atoms with van der Waals surface area (Å²) in [5.41, 5.74) is 0. The van der Waals surface area contributed by atoms with Crippen molar-refractivity contribution in [3.63, 3.8) is 0 Å². The lowest BCUT2D eigenvalue weighted by molar-refractivity contribution is -0.145. The Kier molecular flexibility index (Phi) is 3.43. The average Bonchev–Trinajstić information content (AvgIpc) is 3.07. The second kappa shape index (κ2) is 4.82. The Bertz CT molecular complexity index is 289. The third-order valence-electron chi connectivity index (χ3n) is 3.11. The molecule has 2 fully saturated rings. The Hall–Kier alpha value is -1.10. The maximum absolute atomic E-state index is 11.5. The molecule has 1 saturated carbocycles. The van der Waals surface area contributed by atoms with Crippen molar-refractivity contribution in [1.29, 1.82) is 0 Å². The van der Waals surface area contributed by atoms with Crippen LogP contribution in [0.25, 0.3) is 0 Å². The van der Waals surface area contributed by atoms with Crippen LogP contribution in [0.15, 0.2) is 0 Å². The predicted octanol–water partition coefficient (Wildman–Crippen LogP) is -0.240. The molecule has 1 aliphatic heterocycles. The van der Waals surface area contributed by atoms with Crippen molar-refractivity contribution in [2.45, 2.75) is 25.8 Å². The minimum atomic E-state index is -0.370. The first-order valence-corrected chi connectivity index (χ1v) is 5.83. The van der Waals surface area contributed by atoms with Gasteiger partial charge in [-0.2, -0.15) is 0 Å². The molecule has 2 rings (SSSR count). The summed E-state index contributed by atoms with van der Waals surface area (Å²) in [5, 5.41) is 2.56. The molecule has 0 aromatic heterocycles. The highest BCUT2D eigenvalue weighted by atomic mass is 16.5. The van der Waals surface area contributed by atoms with E-state index >= 15 is 0 Å². The molecule has 1 aliphatic carbocycles. The summed E-state index contributed by atoms with van der Waals surface area (Å²) >= 11 is 0. The molecule has 0 radical (unpaired) electrons. The highest BCUT2D eigenvalue weighted by Gasteiger charge is 2.30. The van der Waals surface area contributed by atoms with Crippen LogP contribution >= 0.6 is 0 Å². The zero-order valence-corrected chi connectivity index (χ0v) is 9.57. The maximum atomic E-state index is 11.5. The van der Waals surface area contributed by atoms with Crippen molar-refractivity contribution in [1.82, 2.24) is 10.2 Å². The van der Waals surface area contributed by atoms with Crippen LogP contribution in [0.2, 0.25) is 0 Å². The van der Waals surface area contributed by atoms with E-state index in [1.54, 1.807) is 11.8 Å². The van der Waals surface area contributed by atoms with Crippen LogP contribution in [0.4, 0.5) is 0 Å². The molecule has 5 heteroatoms. The minimum Gasteiger partial charge on any atom is -0.379 e. The zero-order chi connectivity index (χ0) is 11.5. The first-order valence-electron chi connectivity index (χ1n) is 5.83. The lowest BCUT2D eigenvalue weighted by Crippen LogP contribution is -2.57. The van der Waals surface area contributed by atoms with E-state index < -0.39 is 0 Å². The smallest absolute Gasteiger partial charge is 0.242 e. The summed E-state index contributed by atoms with van der Waals surface area (Å²) in [7, 11) is 0. The predicted molar refractivity (Wildman–Crippen MR) is 57.7 cm³/mol. The Morgan fingerprint density at radius 1 is 1.44 bits per heavy atom. The number of piperazine rings is 1. The zero-order valence-electron chi connectivity index (χ0n) is 9.57. The second-order valence-electron chi connectivity index (χ2n) is 4.50. The van der Waals surface area contributed by atoms with Crippen LogP contribution in [0.1, 0.15) is 19.8 Å². The first kappa shape index (κ1) is 11.4. The topological polar surface area (TPSA) is 58.6 Å². The number of hydrogen-bond acceptors (Lipinski definition) is 3. The number of hydrogen-bond donors (Lipinski definition) is 1. The third kappa shape index (κ3) is 2.72. The number of nitrogens with one attached hydrogen (secondary N) is 1. The molecule has 0 aromatic rings. The van der Waals surface area contributed by atoms with Gasteiger partial charge in [0.1, 0.15) is 6.04 Å². The number of nitrogens with zero attached hydrogens (tertiary/aromatic N) is 1. The Balaban J connectivity index is 1.72. The number of carbonyl (C=O) groups is 2. The number of ether oxygens (including phenoxy) is 1. The van der Waals surface area contributed by atoms with E-state index in [-0.39, 0.29) is 24.4 Å². The van der Waals surface area contributed by atoms with E-state index in [2.05, 4.69) is 5.32 Å². The van der Waals surface area contributed by atoms with Crippen LogP contribution in [-0.4, -0.2) is 49.1 Å². The van der Waals surface area contributed by atoms with Gasteiger partial charge in [0.25, 0.3) is 0 Å². The molecule has 2 aliphatic rings. The highest BCUT2D eigenvalue weighted by Crippen LogP contribution is 2.28. The Morgan fingerprint density at radius 3 is 2.88 bits per heavy atom. The number of carbonyl (C=O) groups excluding carboxylic acids is 2. The summed E-state index contributed by atoms with van der Waals surface area (Å²) in [4.78, 5) is 24.5. The maximum Gasteiger partial charge on any atom is 0.242 e. The van der Waals surface area contributed by atoms with Gasteiger partial charge in [-0.25, -0.2) is 0 Å². The van der Waals surface area contributed by atoms with Gasteiger partial charge in [-0.05, 0) is 25.7 Å². The van der Waals surface area contributed by atoms with Crippen molar-refractivity contribution in [3.8, 4) is 0 Å². The molecule has 90 valence electrons. The second-order valence-corrected chi connectivity index (χ2v) is 4.50. The molecule has 0 aromatic carbocycles. The lowest BCUT2D eigenvalue weighted by atomic mass is 10.2. The molecule has 1 saturated heterocycles. The third-order valence-corrected chi connectivity index (χ3v) is 3.11. The summed E-state index contributed by atoms with van der Waals surface area (Å²) in [6, 6.07) is -0.370. The number of rotatable bonds is 5. The molecule has 5 nitrogen and oxygen atoms in total. The quantitative estimate of drug-likeness (QED) is 0.658. The van der Waals surface area contributed by atoms with Crippen molar-refractivity contribution in [2.75, 3.05) is 26.3 Å². The Morgan fingerprint density at radius 2 is 2.19 bits per heavy atom. The van der Waals surface area contributed by atoms with E-state index in [1.807, 2.05) is 0 Å². The molecule has 16 heavy (non-hydrogen) atoms. The summed E-state index contributed by atoms with van der Waals surface area (Å²) < 4.78 is 5.47. The monoisotopic (exact) mass is 226 g/mol. The summed E-state index contributed by atoms with van der Waals surface area (Å²) in [6.45, 7) is 3.70. The van der Waals surface area contributed by atoms with Crippen molar-refractivity contribution in [2.24, 2.45) is 5.92 Å². The largest absolute Gasteiger partial charge is 0.379 e. The van der Waals surface area contributed by atoms with Crippen molar-refractivity contribution in [3.05, 3.63) is 0 Å². The van der Waals surface area contributed by atoms with Gasteiger partial charge in [0.05, 0.1) is 13.2 Å². The minimum absolute atomic E-state index is 0.0258. The van der Waals surface area contributed by atoms with E-state index in [1.165, 1.54) is 12.8 Å². The fourth-order valence-corrected chi connectivity index (χ4v) is 1.79. The first-order chi connectivity index (χ1) is 7.68. The van der Waals surface area contributed by atoms with Crippen molar-refractivity contribution < 1.29 is 14.3 Å². The van der Waals surface area contributed by atoms with Gasteiger partial charge in [0, 0.05) is 13.2 Å². The van der Waals surface area contributed by atoms with Crippen LogP contribution < -0.4 is 5.32 Å².